The topological polar surface area (TPSA) is 84.2 Å². The molecule has 0 fully saturated rings. The molecule has 1 heterocycles. The van der Waals surface area contributed by atoms with Gasteiger partial charge in [-0.3, -0.25) is 0 Å². The molecule has 1 aromatic rings. The average molecular weight is 233 g/mol. The summed E-state index contributed by atoms with van der Waals surface area (Å²) in [5.41, 5.74) is 0. The van der Waals surface area contributed by atoms with Crippen LogP contribution in [0.2, 0.25) is 0 Å². The summed E-state index contributed by atoms with van der Waals surface area (Å²) in [5.74, 6) is 0.618. The summed E-state index contributed by atoms with van der Waals surface area (Å²) in [5, 5.41) is 8.73. The minimum atomic E-state index is -3.62. The quantitative estimate of drug-likeness (QED) is 0.726. The van der Waals surface area contributed by atoms with E-state index in [-0.39, 0.29) is 11.6 Å². The third-order valence-electron chi connectivity index (χ3n) is 1.99. The van der Waals surface area contributed by atoms with E-state index < -0.39 is 16.1 Å². The molecule has 86 valence electrons. The van der Waals surface area contributed by atoms with Gasteiger partial charge in [-0.05, 0) is 13.8 Å². The van der Waals surface area contributed by atoms with Crippen molar-refractivity contribution in [2.45, 2.75) is 24.9 Å². The number of nitrogens with one attached hydrogen (secondary N) is 1. The van der Waals surface area contributed by atoms with Crippen molar-refractivity contribution in [1.82, 2.24) is 14.3 Å². The molecule has 0 bridgehead atoms. The van der Waals surface area contributed by atoms with Crippen LogP contribution in [0.15, 0.2) is 11.2 Å². The summed E-state index contributed by atoms with van der Waals surface area (Å²) in [4.78, 5) is 3.90. The normalized spacial score (nSPS) is 14.1. The Morgan fingerprint density at radius 1 is 1.67 bits per heavy atom. The van der Waals surface area contributed by atoms with Gasteiger partial charge in [-0.25, -0.2) is 18.1 Å². The Morgan fingerprint density at radius 3 is 2.67 bits per heavy atom. The molecule has 7 heteroatoms. The van der Waals surface area contributed by atoms with E-state index in [2.05, 4.69) is 9.71 Å². The molecular weight excluding hydrogens is 218 g/mol. The van der Waals surface area contributed by atoms with Gasteiger partial charge in [0.05, 0.1) is 6.61 Å². The van der Waals surface area contributed by atoms with Gasteiger partial charge < -0.3 is 9.67 Å². The lowest BCUT2D eigenvalue weighted by molar-refractivity contribution is 0.265. The fourth-order valence-corrected chi connectivity index (χ4v) is 2.29. The number of hydrogen-bond acceptors (Lipinski definition) is 4. The summed E-state index contributed by atoms with van der Waals surface area (Å²) in [6, 6.07) is -0.516. The Balaban J connectivity index is 2.96. The summed E-state index contributed by atoms with van der Waals surface area (Å²) in [7, 11) is -1.90. The second-order valence-electron chi connectivity index (χ2n) is 3.44. The Kier molecular flexibility index (Phi) is 3.48. The molecule has 0 amide bonds. The Hall–Kier alpha value is -0.920. The van der Waals surface area contributed by atoms with Crippen molar-refractivity contribution in [2.75, 3.05) is 6.61 Å². The summed E-state index contributed by atoms with van der Waals surface area (Å²) in [6.45, 7) is 3.05. The standard InChI is InChI=1S/C8H15N3O3S/c1-6(5-12)10-15(13,14)8-4-11(3)7(2)9-8/h4,6,10,12H,5H2,1-3H3/t6-/m1/s1. The van der Waals surface area contributed by atoms with Crippen LogP contribution in [0.1, 0.15) is 12.7 Å². The third kappa shape index (κ3) is 2.77. The zero-order chi connectivity index (χ0) is 11.6. The highest BCUT2D eigenvalue weighted by Crippen LogP contribution is 2.07. The predicted molar refractivity (Wildman–Crippen MR) is 54.8 cm³/mol. The number of sulfonamides is 1. The molecule has 1 atom stereocenters. The van der Waals surface area contributed by atoms with Crippen molar-refractivity contribution in [3.63, 3.8) is 0 Å². The van der Waals surface area contributed by atoms with E-state index in [0.717, 1.165) is 0 Å². The molecule has 1 rings (SSSR count). The van der Waals surface area contributed by atoms with Crippen molar-refractivity contribution >= 4 is 10.0 Å². The number of aryl methyl sites for hydroxylation is 2. The molecule has 15 heavy (non-hydrogen) atoms. The Labute approximate surface area is 89.0 Å². The summed E-state index contributed by atoms with van der Waals surface area (Å²) < 4.78 is 27.3. The van der Waals surface area contributed by atoms with Crippen molar-refractivity contribution in [1.29, 1.82) is 0 Å². The van der Waals surface area contributed by atoms with Crippen molar-refractivity contribution < 1.29 is 13.5 Å². The van der Waals surface area contributed by atoms with E-state index >= 15 is 0 Å². The first kappa shape index (κ1) is 12.2. The Bertz CT molecular complexity index is 418. The number of rotatable bonds is 4. The maximum Gasteiger partial charge on any atom is 0.259 e. The van der Waals surface area contributed by atoms with E-state index in [1.807, 2.05) is 0 Å². The lowest BCUT2D eigenvalue weighted by Gasteiger charge is -2.08. The zero-order valence-electron chi connectivity index (χ0n) is 8.93. The molecule has 2 N–H and O–H groups in total. The van der Waals surface area contributed by atoms with E-state index in [4.69, 9.17) is 5.11 Å². The average Bonchev–Trinajstić information content (AvgIpc) is 2.47. The molecule has 0 radical (unpaired) electrons. The molecule has 0 unspecified atom stereocenters. The second kappa shape index (κ2) is 4.30. The largest absolute Gasteiger partial charge is 0.395 e. The minimum Gasteiger partial charge on any atom is -0.395 e. The maximum absolute atomic E-state index is 11.7. The fraction of sp³-hybridized carbons (Fsp3) is 0.625. The number of imidazole rings is 1. The van der Waals surface area contributed by atoms with E-state index in [9.17, 15) is 8.42 Å². The maximum atomic E-state index is 11.7. The molecule has 6 nitrogen and oxygen atoms in total. The second-order valence-corrected chi connectivity index (χ2v) is 5.10. The molecule has 0 spiro atoms. The van der Waals surface area contributed by atoms with Gasteiger partial charge in [0.15, 0.2) is 5.03 Å². The monoisotopic (exact) mass is 233 g/mol. The van der Waals surface area contributed by atoms with Gasteiger partial charge in [-0.15, -0.1) is 0 Å². The highest BCUT2D eigenvalue weighted by molar-refractivity contribution is 7.89. The van der Waals surface area contributed by atoms with E-state index in [1.54, 1.807) is 25.5 Å². The first-order valence-corrected chi connectivity index (χ1v) is 5.98. The van der Waals surface area contributed by atoms with Crippen LogP contribution in [0.25, 0.3) is 0 Å². The summed E-state index contributed by atoms with van der Waals surface area (Å²) in [6.07, 6.45) is 1.43. The van der Waals surface area contributed by atoms with Gasteiger partial charge in [-0.1, -0.05) is 0 Å². The highest BCUT2D eigenvalue weighted by atomic mass is 32.2. The SMILES string of the molecule is Cc1nc(S(=O)(=O)N[C@H](C)CO)cn1C. The molecule has 0 aliphatic rings. The summed E-state index contributed by atoms with van der Waals surface area (Å²) >= 11 is 0. The number of nitrogens with zero attached hydrogens (tertiary/aromatic N) is 2. The molecule has 0 saturated heterocycles. The number of aliphatic hydroxyl groups excluding tert-OH is 1. The highest BCUT2D eigenvalue weighted by Gasteiger charge is 2.20. The first-order valence-electron chi connectivity index (χ1n) is 4.50. The van der Waals surface area contributed by atoms with Crippen molar-refractivity contribution in [3.05, 3.63) is 12.0 Å². The van der Waals surface area contributed by atoms with Gasteiger partial charge in [-0.2, -0.15) is 0 Å². The molecule has 0 aliphatic heterocycles. The zero-order valence-corrected chi connectivity index (χ0v) is 9.74. The number of hydrogen-bond donors (Lipinski definition) is 2. The van der Waals surface area contributed by atoms with Crippen LogP contribution in [0.4, 0.5) is 0 Å². The third-order valence-corrected chi connectivity index (χ3v) is 3.45. The smallest absolute Gasteiger partial charge is 0.259 e. The number of aromatic nitrogens is 2. The van der Waals surface area contributed by atoms with E-state index in [0.29, 0.717) is 5.82 Å². The van der Waals surface area contributed by atoms with Gasteiger partial charge in [0.2, 0.25) is 0 Å². The molecule has 1 aromatic heterocycles. The lowest BCUT2D eigenvalue weighted by Crippen LogP contribution is -2.35. The predicted octanol–water partition coefficient (Wildman–Crippen LogP) is -0.612. The van der Waals surface area contributed by atoms with Gasteiger partial charge in [0.1, 0.15) is 5.82 Å². The van der Waals surface area contributed by atoms with Crippen LogP contribution in [0.3, 0.4) is 0 Å². The van der Waals surface area contributed by atoms with Crippen LogP contribution in [-0.2, 0) is 17.1 Å². The van der Waals surface area contributed by atoms with Crippen LogP contribution in [0.5, 0.6) is 0 Å². The van der Waals surface area contributed by atoms with Crippen molar-refractivity contribution in [2.24, 2.45) is 7.05 Å². The Morgan fingerprint density at radius 2 is 2.27 bits per heavy atom. The van der Waals surface area contributed by atoms with Crippen LogP contribution >= 0.6 is 0 Å². The number of aliphatic hydroxyl groups is 1. The molecule has 0 aliphatic carbocycles. The molecule has 0 saturated carbocycles. The van der Waals surface area contributed by atoms with Gasteiger partial charge in [0, 0.05) is 19.3 Å². The van der Waals surface area contributed by atoms with E-state index in [1.165, 1.54) is 6.20 Å². The van der Waals surface area contributed by atoms with Crippen LogP contribution in [-0.4, -0.2) is 35.7 Å². The lowest BCUT2D eigenvalue weighted by atomic mass is 10.4. The molecular formula is C8H15N3O3S. The van der Waals surface area contributed by atoms with Crippen LogP contribution in [0, 0.1) is 6.92 Å². The van der Waals surface area contributed by atoms with Crippen LogP contribution < -0.4 is 4.72 Å². The molecule has 0 aromatic carbocycles. The minimum absolute atomic E-state index is 0.0252. The fourth-order valence-electron chi connectivity index (χ4n) is 1.02. The first-order chi connectivity index (χ1) is 6.86. The van der Waals surface area contributed by atoms with Gasteiger partial charge in [0.25, 0.3) is 10.0 Å². The van der Waals surface area contributed by atoms with Gasteiger partial charge >= 0.3 is 0 Å². The van der Waals surface area contributed by atoms with Crippen molar-refractivity contribution in [3.8, 4) is 0 Å².